The monoisotopic (exact) mass is 368 g/mol. The number of halogens is 4. The third-order valence-electron chi connectivity index (χ3n) is 4.35. The summed E-state index contributed by atoms with van der Waals surface area (Å²) in [7, 11) is -4.22. The van der Waals surface area contributed by atoms with Gasteiger partial charge in [0.15, 0.2) is 0 Å². The van der Waals surface area contributed by atoms with E-state index in [4.69, 9.17) is 11.6 Å². The number of rotatable bonds is 2. The van der Waals surface area contributed by atoms with E-state index in [9.17, 15) is 21.6 Å². The molecule has 2 heterocycles. The minimum atomic E-state index is -4.78. The molecule has 23 heavy (non-hydrogen) atoms. The summed E-state index contributed by atoms with van der Waals surface area (Å²) in [5.74, 6) is 0. The lowest BCUT2D eigenvalue weighted by Gasteiger charge is -2.25. The predicted molar refractivity (Wildman–Crippen MR) is 79.8 cm³/mol. The van der Waals surface area contributed by atoms with Crippen molar-refractivity contribution in [3.05, 3.63) is 28.8 Å². The fraction of sp³-hybridized carbons (Fsp3) is 0.571. The van der Waals surface area contributed by atoms with Crippen LogP contribution in [0, 0.1) is 0 Å². The average Bonchev–Trinajstić information content (AvgIpc) is 2.76. The van der Waals surface area contributed by atoms with Crippen molar-refractivity contribution in [3.63, 3.8) is 0 Å². The molecule has 0 aliphatic carbocycles. The van der Waals surface area contributed by atoms with Gasteiger partial charge in [-0.2, -0.15) is 17.5 Å². The summed E-state index contributed by atoms with van der Waals surface area (Å²) in [6.45, 7) is 0.412. The summed E-state index contributed by atoms with van der Waals surface area (Å²) < 4.78 is 66.3. The maximum absolute atomic E-state index is 13.2. The number of alkyl halides is 3. The zero-order valence-electron chi connectivity index (χ0n) is 12.1. The molecule has 0 spiro atoms. The summed E-state index contributed by atoms with van der Waals surface area (Å²) in [5, 5.41) is 3.17. The molecular weight excluding hydrogens is 353 g/mol. The van der Waals surface area contributed by atoms with E-state index in [-0.39, 0.29) is 30.2 Å². The summed E-state index contributed by atoms with van der Waals surface area (Å²) in [6.07, 6.45) is -2.36. The van der Waals surface area contributed by atoms with Gasteiger partial charge in [-0.05, 0) is 37.5 Å². The Bertz CT molecular complexity index is 708. The lowest BCUT2D eigenvalue weighted by Crippen LogP contribution is -2.39. The quantitative estimate of drug-likeness (QED) is 0.873. The topological polar surface area (TPSA) is 49.4 Å². The number of benzene rings is 1. The van der Waals surface area contributed by atoms with Crippen LogP contribution < -0.4 is 5.32 Å². The SMILES string of the molecule is O=S(=O)(c1ccc(Cl)cc1C(F)(F)F)N1CCC2CCC(C1)N2. The molecule has 1 N–H and O–H groups in total. The molecule has 2 aliphatic heterocycles. The summed E-state index contributed by atoms with van der Waals surface area (Å²) in [5.41, 5.74) is -1.22. The van der Waals surface area contributed by atoms with Crippen LogP contribution >= 0.6 is 11.6 Å². The fourth-order valence-corrected chi connectivity index (χ4v) is 5.08. The fourth-order valence-electron chi connectivity index (χ4n) is 3.22. The van der Waals surface area contributed by atoms with Gasteiger partial charge in [0, 0.05) is 30.2 Å². The average molecular weight is 369 g/mol. The molecular formula is C14H16ClF3N2O2S. The van der Waals surface area contributed by atoms with Gasteiger partial charge < -0.3 is 5.32 Å². The van der Waals surface area contributed by atoms with Crippen molar-refractivity contribution in [2.24, 2.45) is 0 Å². The van der Waals surface area contributed by atoms with Crippen LogP contribution in [0.5, 0.6) is 0 Å². The van der Waals surface area contributed by atoms with Crippen LogP contribution in [0.3, 0.4) is 0 Å². The first-order valence-electron chi connectivity index (χ1n) is 7.31. The molecule has 3 rings (SSSR count). The van der Waals surface area contributed by atoms with Gasteiger partial charge in [0.1, 0.15) is 0 Å². The molecule has 0 radical (unpaired) electrons. The van der Waals surface area contributed by atoms with Crippen molar-refractivity contribution in [1.82, 2.24) is 9.62 Å². The van der Waals surface area contributed by atoms with Crippen LogP contribution in [0.4, 0.5) is 13.2 Å². The highest BCUT2D eigenvalue weighted by molar-refractivity contribution is 7.89. The Balaban J connectivity index is 2.00. The second-order valence-corrected chi connectivity index (χ2v) is 8.27. The van der Waals surface area contributed by atoms with Gasteiger partial charge in [0.05, 0.1) is 10.5 Å². The molecule has 0 saturated carbocycles. The molecule has 2 aliphatic rings. The van der Waals surface area contributed by atoms with Crippen molar-refractivity contribution in [2.45, 2.75) is 42.4 Å². The number of hydrogen-bond donors (Lipinski definition) is 1. The van der Waals surface area contributed by atoms with Gasteiger partial charge in [-0.25, -0.2) is 8.42 Å². The van der Waals surface area contributed by atoms with Crippen molar-refractivity contribution in [3.8, 4) is 0 Å². The van der Waals surface area contributed by atoms with Crippen LogP contribution in [0.1, 0.15) is 24.8 Å². The molecule has 0 aromatic heterocycles. The van der Waals surface area contributed by atoms with Crippen LogP contribution in [0.2, 0.25) is 5.02 Å². The largest absolute Gasteiger partial charge is 0.417 e. The summed E-state index contributed by atoms with van der Waals surface area (Å²) in [6, 6.07) is 3.02. The maximum atomic E-state index is 13.2. The number of hydrogen-bond acceptors (Lipinski definition) is 3. The van der Waals surface area contributed by atoms with E-state index < -0.39 is 26.7 Å². The first-order chi connectivity index (χ1) is 10.7. The van der Waals surface area contributed by atoms with E-state index in [0.29, 0.717) is 12.5 Å². The number of fused-ring (bicyclic) bond motifs is 2. The van der Waals surface area contributed by atoms with Gasteiger partial charge in [-0.15, -0.1) is 0 Å². The second kappa shape index (κ2) is 5.91. The van der Waals surface area contributed by atoms with Crippen molar-refractivity contribution in [2.75, 3.05) is 13.1 Å². The lowest BCUT2D eigenvalue weighted by atomic mass is 10.1. The number of nitrogens with zero attached hydrogens (tertiary/aromatic N) is 1. The minimum Gasteiger partial charge on any atom is -0.310 e. The minimum absolute atomic E-state index is 0.00101. The third kappa shape index (κ3) is 3.35. The van der Waals surface area contributed by atoms with Gasteiger partial charge in [0.25, 0.3) is 0 Å². The maximum Gasteiger partial charge on any atom is 0.417 e. The molecule has 128 valence electrons. The molecule has 4 nitrogen and oxygen atoms in total. The van der Waals surface area contributed by atoms with Gasteiger partial charge in [-0.1, -0.05) is 11.6 Å². The summed E-state index contributed by atoms with van der Waals surface area (Å²) in [4.78, 5) is -0.729. The number of nitrogens with one attached hydrogen (secondary N) is 1. The molecule has 1 aromatic rings. The smallest absolute Gasteiger partial charge is 0.310 e. The Labute approximate surface area is 137 Å². The second-order valence-electron chi connectivity index (χ2n) is 5.93. The zero-order chi connectivity index (χ0) is 16.8. The molecule has 2 bridgehead atoms. The van der Waals surface area contributed by atoms with Crippen molar-refractivity contribution in [1.29, 1.82) is 0 Å². The van der Waals surface area contributed by atoms with Crippen LogP contribution in [0.15, 0.2) is 23.1 Å². The van der Waals surface area contributed by atoms with Crippen molar-refractivity contribution < 1.29 is 21.6 Å². The van der Waals surface area contributed by atoms with Crippen LogP contribution in [-0.2, 0) is 16.2 Å². The Morgan fingerprint density at radius 1 is 1.17 bits per heavy atom. The Kier molecular flexibility index (Phi) is 4.37. The molecule has 9 heteroatoms. The molecule has 2 atom stereocenters. The lowest BCUT2D eigenvalue weighted by molar-refractivity contribution is -0.139. The standard InChI is InChI=1S/C14H16ClF3N2O2S/c15-9-1-4-13(12(7-9)14(16,17)18)23(21,22)20-6-5-10-2-3-11(8-20)19-10/h1,4,7,10-11,19H,2-3,5-6,8H2. The highest BCUT2D eigenvalue weighted by atomic mass is 35.5. The molecule has 2 saturated heterocycles. The van der Waals surface area contributed by atoms with Crippen LogP contribution in [0.25, 0.3) is 0 Å². The predicted octanol–water partition coefficient (Wildman–Crippen LogP) is 2.87. The van der Waals surface area contributed by atoms with Gasteiger partial charge in [-0.3, -0.25) is 0 Å². The summed E-state index contributed by atoms with van der Waals surface area (Å²) >= 11 is 5.62. The van der Waals surface area contributed by atoms with Gasteiger partial charge >= 0.3 is 6.18 Å². The zero-order valence-corrected chi connectivity index (χ0v) is 13.7. The highest BCUT2D eigenvalue weighted by Gasteiger charge is 2.41. The van der Waals surface area contributed by atoms with Gasteiger partial charge in [0.2, 0.25) is 10.0 Å². The van der Waals surface area contributed by atoms with E-state index in [0.717, 1.165) is 23.2 Å². The Hall–Kier alpha value is -0.830. The van der Waals surface area contributed by atoms with Crippen molar-refractivity contribution >= 4 is 21.6 Å². The highest BCUT2D eigenvalue weighted by Crippen LogP contribution is 2.37. The van der Waals surface area contributed by atoms with E-state index in [2.05, 4.69) is 5.32 Å². The first kappa shape index (κ1) is 17.0. The van der Waals surface area contributed by atoms with E-state index in [1.807, 2.05) is 0 Å². The van der Waals surface area contributed by atoms with E-state index in [1.54, 1.807) is 0 Å². The molecule has 1 aromatic carbocycles. The molecule has 2 fully saturated rings. The Morgan fingerprint density at radius 2 is 1.87 bits per heavy atom. The third-order valence-corrected chi connectivity index (χ3v) is 6.51. The molecule has 2 unspecified atom stereocenters. The van der Waals surface area contributed by atoms with E-state index in [1.165, 1.54) is 6.07 Å². The van der Waals surface area contributed by atoms with Crippen LogP contribution in [-0.4, -0.2) is 37.9 Å². The molecule has 0 amide bonds. The van der Waals surface area contributed by atoms with E-state index >= 15 is 0 Å². The Morgan fingerprint density at radius 3 is 2.57 bits per heavy atom. The first-order valence-corrected chi connectivity index (χ1v) is 9.12. The normalized spacial score (nSPS) is 26.3. The number of sulfonamides is 1.